The number of anilines is 1. The highest BCUT2D eigenvalue weighted by molar-refractivity contribution is 5.46. The van der Waals surface area contributed by atoms with Crippen molar-refractivity contribution in [1.29, 1.82) is 5.26 Å². The van der Waals surface area contributed by atoms with Gasteiger partial charge >= 0.3 is 0 Å². The monoisotopic (exact) mass is 262 g/mol. The molecule has 0 saturated carbocycles. The van der Waals surface area contributed by atoms with E-state index in [4.69, 9.17) is 5.26 Å². The van der Waals surface area contributed by atoms with Gasteiger partial charge in [0.05, 0.1) is 17.3 Å². The largest absolute Gasteiger partial charge is 0.379 e. The van der Waals surface area contributed by atoms with Crippen molar-refractivity contribution in [3.8, 4) is 6.07 Å². The second kappa shape index (κ2) is 5.44. The number of hydrogen-bond acceptors (Lipinski definition) is 2. The first-order valence-corrected chi connectivity index (χ1v) is 5.47. The van der Waals surface area contributed by atoms with Crippen LogP contribution in [0.25, 0.3) is 0 Å². The van der Waals surface area contributed by atoms with Gasteiger partial charge in [0.1, 0.15) is 17.5 Å². The van der Waals surface area contributed by atoms with Crippen LogP contribution in [0.15, 0.2) is 36.4 Å². The van der Waals surface area contributed by atoms with E-state index < -0.39 is 17.5 Å². The predicted octanol–water partition coefficient (Wildman–Crippen LogP) is 3.59. The zero-order valence-corrected chi connectivity index (χ0v) is 9.75. The third kappa shape index (κ3) is 3.26. The third-order valence-electron chi connectivity index (χ3n) is 2.50. The summed E-state index contributed by atoms with van der Waals surface area (Å²) in [6.45, 7) is 0.0901. The van der Waals surface area contributed by atoms with Gasteiger partial charge in [0, 0.05) is 6.54 Å². The fourth-order valence-corrected chi connectivity index (χ4v) is 1.65. The predicted molar refractivity (Wildman–Crippen MR) is 64.8 cm³/mol. The van der Waals surface area contributed by atoms with Crippen LogP contribution < -0.4 is 5.32 Å². The lowest BCUT2D eigenvalue weighted by Crippen LogP contribution is -2.02. The van der Waals surface area contributed by atoms with Crippen molar-refractivity contribution in [2.24, 2.45) is 0 Å². The zero-order valence-electron chi connectivity index (χ0n) is 9.75. The van der Waals surface area contributed by atoms with Crippen molar-refractivity contribution in [3.05, 3.63) is 65.0 Å². The molecule has 0 aliphatic rings. The van der Waals surface area contributed by atoms with Crippen LogP contribution in [0.1, 0.15) is 11.1 Å². The normalized spacial score (nSPS) is 10.0. The Bertz CT molecular complexity index is 648. The first kappa shape index (κ1) is 13.0. The number of rotatable bonds is 3. The topological polar surface area (TPSA) is 35.8 Å². The Labute approximate surface area is 108 Å². The molecule has 0 radical (unpaired) electrons. The van der Waals surface area contributed by atoms with Crippen LogP contribution in [-0.2, 0) is 6.54 Å². The Morgan fingerprint density at radius 3 is 2.53 bits per heavy atom. The smallest absolute Gasteiger partial charge is 0.146 e. The molecule has 0 unspecified atom stereocenters. The summed E-state index contributed by atoms with van der Waals surface area (Å²) >= 11 is 0. The molecule has 2 aromatic carbocycles. The van der Waals surface area contributed by atoms with Gasteiger partial charge in [-0.3, -0.25) is 0 Å². The second-order valence-electron chi connectivity index (χ2n) is 3.94. The van der Waals surface area contributed by atoms with E-state index in [0.29, 0.717) is 5.56 Å². The molecular weight excluding hydrogens is 253 g/mol. The number of nitrogens with zero attached hydrogens (tertiary/aromatic N) is 1. The molecule has 0 fully saturated rings. The molecule has 0 saturated heterocycles. The molecule has 2 rings (SSSR count). The Morgan fingerprint density at radius 2 is 1.79 bits per heavy atom. The van der Waals surface area contributed by atoms with Crippen LogP contribution in [0.5, 0.6) is 0 Å². The third-order valence-corrected chi connectivity index (χ3v) is 2.50. The molecule has 2 aromatic rings. The summed E-state index contributed by atoms with van der Waals surface area (Å²) in [5.41, 5.74) is 0.638. The fraction of sp³-hybridized carbons (Fsp3) is 0.0714. The molecule has 0 aromatic heterocycles. The van der Waals surface area contributed by atoms with Gasteiger partial charge in [-0.25, -0.2) is 13.2 Å². The molecule has 19 heavy (non-hydrogen) atoms. The highest BCUT2D eigenvalue weighted by Gasteiger charge is 2.05. The van der Waals surface area contributed by atoms with Crippen molar-refractivity contribution >= 4 is 5.69 Å². The molecule has 0 aliphatic heterocycles. The average molecular weight is 262 g/mol. The van der Waals surface area contributed by atoms with Gasteiger partial charge in [0.2, 0.25) is 0 Å². The summed E-state index contributed by atoms with van der Waals surface area (Å²) in [4.78, 5) is 0. The van der Waals surface area contributed by atoms with Gasteiger partial charge in [-0.05, 0) is 42.0 Å². The van der Waals surface area contributed by atoms with E-state index in [1.807, 2.05) is 6.07 Å². The van der Waals surface area contributed by atoms with Gasteiger partial charge in [0.25, 0.3) is 0 Å². The maximum Gasteiger partial charge on any atom is 0.146 e. The van der Waals surface area contributed by atoms with Crippen LogP contribution in [0.2, 0.25) is 0 Å². The number of nitriles is 1. The molecule has 0 bridgehead atoms. The maximum absolute atomic E-state index is 13.3. The van der Waals surface area contributed by atoms with Gasteiger partial charge in [-0.2, -0.15) is 5.26 Å². The average Bonchev–Trinajstić information content (AvgIpc) is 2.39. The van der Waals surface area contributed by atoms with Crippen molar-refractivity contribution in [3.63, 3.8) is 0 Å². The summed E-state index contributed by atoms with van der Waals surface area (Å²) in [7, 11) is 0. The second-order valence-corrected chi connectivity index (χ2v) is 3.94. The summed E-state index contributed by atoms with van der Waals surface area (Å²) in [5.74, 6) is -1.71. The number of benzene rings is 2. The fourth-order valence-electron chi connectivity index (χ4n) is 1.65. The number of nitrogens with one attached hydrogen (secondary N) is 1. The van der Waals surface area contributed by atoms with E-state index in [0.717, 1.165) is 24.3 Å². The van der Waals surface area contributed by atoms with E-state index in [1.165, 1.54) is 12.1 Å². The standard InChI is InChI=1S/C14H9F3N2/c15-11-1-2-13(17)14(6-11)19-8-10-3-9(7-18)4-12(16)5-10/h1-6,19H,8H2. The molecule has 5 heteroatoms. The lowest BCUT2D eigenvalue weighted by atomic mass is 10.1. The zero-order chi connectivity index (χ0) is 13.8. The van der Waals surface area contributed by atoms with Crippen LogP contribution in [0, 0.1) is 28.8 Å². The van der Waals surface area contributed by atoms with Gasteiger partial charge in [-0.15, -0.1) is 0 Å². The summed E-state index contributed by atoms with van der Waals surface area (Å²) in [6, 6.07) is 8.66. The Hall–Kier alpha value is -2.48. The lowest BCUT2D eigenvalue weighted by molar-refractivity contribution is 0.602. The molecule has 2 nitrogen and oxygen atoms in total. The van der Waals surface area contributed by atoms with Crippen molar-refractivity contribution in [2.45, 2.75) is 6.54 Å². The van der Waals surface area contributed by atoms with Gasteiger partial charge < -0.3 is 5.32 Å². The first-order valence-electron chi connectivity index (χ1n) is 5.47. The van der Waals surface area contributed by atoms with Crippen molar-refractivity contribution < 1.29 is 13.2 Å². The molecular formula is C14H9F3N2. The quantitative estimate of drug-likeness (QED) is 0.917. The van der Waals surface area contributed by atoms with Crippen molar-refractivity contribution in [1.82, 2.24) is 0 Å². The van der Waals surface area contributed by atoms with E-state index in [-0.39, 0.29) is 17.8 Å². The maximum atomic E-state index is 13.3. The van der Waals surface area contributed by atoms with Crippen LogP contribution >= 0.6 is 0 Å². The first-order chi connectivity index (χ1) is 9.08. The summed E-state index contributed by atoms with van der Waals surface area (Å²) in [5, 5.41) is 11.4. The SMILES string of the molecule is N#Cc1cc(F)cc(CNc2cc(F)ccc2F)c1. The molecule has 96 valence electrons. The Balaban J connectivity index is 2.17. The minimum atomic E-state index is -0.599. The van der Waals surface area contributed by atoms with E-state index in [1.54, 1.807) is 0 Å². The Kier molecular flexibility index (Phi) is 3.71. The highest BCUT2D eigenvalue weighted by Crippen LogP contribution is 2.17. The van der Waals surface area contributed by atoms with Crippen LogP contribution in [0.3, 0.4) is 0 Å². The molecule has 0 heterocycles. The van der Waals surface area contributed by atoms with Crippen molar-refractivity contribution in [2.75, 3.05) is 5.32 Å². The van der Waals surface area contributed by atoms with E-state index in [2.05, 4.69) is 5.32 Å². The molecule has 0 spiro atoms. The minimum Gasteiger partial charge on any atom is -0.379 e. The minimum absolute atomic E-state index is 0.0113. The summed E-state index contributed by atoms with van der Waals surface area (Å²) < 4.78 is 39.5. The van der Waals surface area contributed by atoms with Crippen LogP contribution in [0.4, 0.5) is 18.9 Å². The molecule has 1 N–H and O–H groups in total. The molecule has 0 amide bonds. The number of hydrogen-bond donors (Lipinski definition) is 1. The molecule has 0 aliphatic carbocycles. The summed E-state index contributed by atoms with van der Waals surface area (Å²) in [6.07, 6.45) is 0. The van der Waals surface area contributed by atoms with E-state index in [9.17, 15) is 13.2 Å². The lowest BCUT2D eigenvalue weighted by Gasteiger charge is -2.08. The Morgan fingerprint density at radius 1 is 1.00 bits per heavy atom. The van der Waals surface area contributed by atoms with Crippen LogP contribution in [-0.4, -0.2) is 0 Å². The highest BCUT2D eigenvalue weighted by atomic mass is 19.1. The van der Waals surface area contributed by atoms with Gasteiger partial charge in [0.15, 0.2) is 0 Å². The van der Waals surface area contributed by atoms with E-state index >= 15 is 0 Å². The number of halogens is 3. The molecule has 0 atom stereocenters. The van der Waals surface area contributed by atoms with Gasteiger partial charge in [-0.1, -0.05) is 0 Å².